The van der Waals surface area contributed by atoms with Crippen LogP contribution in [0.5, 0.6) is 0 Å². The third-order valence-electron chi connectivity index (χ3n) is 5.78. The normalized spacial score (nSPS) is 20.8. The molecule has 1 saturated heterocycles. The molecule has 0 saturated carbocycles. The largest absolute Gasteiger partial charge is 0.368 e. The summed E-state index contributed by atoms with van der Waals surface area (Å²) >= 11 is 0. The fourth-order valence-corrected chi connectivity index (χ4v) is 4.40. The molecular weight excluding hydrogens is 361 g/mol. The molecule has 2 aliphatic rings. The van der Waals surface area contributed by atoms with Crippen LogP contribution in [0.1, 0.15) is 30.4 Å². The standard InChI is InChI=1S/C21H22FN3O3/c22-18-6-2-1-5-14(18)13-23-21(26)17-12-15-11-16(25(27)28)8-9-19(15)24-10-4-3-7-20(17)24/h1-2,5-6,8-9,11,17,20H,3-4,7,10,12-13H2,(H,23,26). The van der Waals surface area contributed by atoms with Crippen molar-refractivity contribution in [2.24, 2.45) is 5.92 Å². The summed E-state index contributed by atoms with van der Waals surface area (Å²) in [5, 5.41) is 14.0. The Morgan fingerprint density at radius 1 is 1.25 bits per heavy atom. The van der Waals surface area contributed by atoms with Crippen LogP contribution >= 0.6 is 0 Å². The number of nitro groups is 1. The first-order valence-electron chi connectivity index (χ1n) is 9.59. The highest BCUT2D eigenvalue weighted by Crippen LogP contribution is 2.40. The van der Waals surface area contributed by atoms with Crippen molar-refractivity contribution in [2.45, 2.75) is 38.3 Å². The highest BCUT2D eigenvalue weighted by atomic mass is 19.1. The van der Waals surface area contributed by atoms with Gasteiger partial charge in [-0.15, -0.1) is 0 Å². The number of rotatable bonds is 4. The molecule has 1 fully saturated rings. The number of benzene rings is 2. The molecule has 6 nitrogen and oxygen atoms in total. The number of anilines is 1. The molecule has 7 heteroatoms. The van der Waals surface area contributed by atoms with Gasteiger partial charge in [-0.1, -0.05) is 18.2 Å². The average molecular weight is 383 g/mol. The number of fused-ring (bicyclic) bond motifs is 3. The van der Waals surface area contributed by atoms with Crippen molar-refractivity contribution in [1.29, 1.82) is 0 Å². The first-order valence-corrected chi connectivity index (χ1v) is 9.59. The number of nitro benzene ring substituents is 1. The van der Waals surface area contributed by atoms with E-state index in [1.165, 1.54) is 12.1 Å². The van der Waals surface area contributed by atoms with Crippen LogP contribution in [-0.2, 0) is 17.8 Å². The van der Waals surface area contributed by atoms with Crippen LogP contribution in [0.15, 0.2) is 42.5 Å². The zero-order valence-corrected chi connectivity index (χ0v) is 15.4. The predicted molar refractivity (Wildman–Crippen MR) is 104 cm³/mol. The molecule has 1 amide bonds. The fourth-order valence-electron chi connectivity index (χ4n) is 4.40. The van der Waals surface area contributed by atoms with Gasteiger partial charge in [-0.25, -0.2) is 4.39 Å². The summed E-state index contributed by atoms with van der Waals surface area (Å²) in [7, 11) is 0. The number of nitrogens with one attached hydrogen (secondary N) is 1. The van der Waals surface area contributed by atoms with Crippen molar-refractivity contribution in [2.75, 3.05) is 11.4 Å². The quantitative estimate of drug-likeness (QED) is 0.647. The topological polar surface area (TPSA) is 75.5 Å². The van der Waals surface area contributed by atoms with E-state index in [0.717, 1.165) is 37.1 Å². The zero-order chi connectivity index (χ0) is 19.7. The van der Waals surface area contributed by atoms with Gasteiger partial charge in [0.1, 0.15) is 5.82 Å². The van der Waals surface area contributed by atoms with Gasteiger partial charge in [0, 0.05) is 42.5 Å². The Morgan fingerprint density at radius 3 is 2.86 bits per heavy atom. The molecule has 0 spiro atoms. The van der Waals surface area contributed by atoms with Crippen LogP contribution in [-0.4, -0.2) is 23.4 Å². The number of piperidine rings is 1. The van der Waals surface area contributed by atoms with Crippen molar-refractivity contribution in [3.63, 3.8) is 0 Å². The fraction of sp³-hybridized carbons (Fsp3) is 0.381. The van der Waals surface area contributed by atoms with E-state index in [1.807, 2.05) is 0 Å². The summed E-state index contributed by atoms with van der Waals surface area (Å²) in [5.41, 5.74) is 2.31. The van der Waals surface area contributed by atoms with Crippen molar-refractivity contribution >= 4 is 17.3 Å². The minimum Gasteiger partial charge on any atom is -0.368 e. The van der Waals surface area contributed by atoms with Crippen LogP contribution in [0.25, 0.3) is 0 Å². The van der Waals surface area contributed by atoms with Gasteiger partial charge in [0.15, 0.2) is 0 Å². The third-order valence-corrected chi connectivity index (χ3v) is 5.78. The summed E-state index contributed by atoms with van der Waals surface area (Å²) < 4.78 is 13.8. The molecule has 0 radical (unpaired) electrons. The SMILES string of the molecule is O=C(NCc1ccccc1F)C1Cc2cc([N+](=O)[O-])ccc2N2CCCCC12. The summed E-state index contributed by atoms with van der Waals surface area (Å²) in [5.74, 6) is -0.773. The Labute approximate surface area is 162 Å². The lowest BCUT2D eigenvalue weighted by molar-refractivity contribution is -0.384. The first kappa shape index (κ1) is 18.4. The molecule has 4 rings (SSSR count). The van der Waals surface area contributed by atoms with E-state index in [1.54, 1.807) is 30.3 Å². The molecule has 0 aromatic heterocycles. The number of nitrogens with zero attached hydrogens (tertiary/aromatic N) is 2. The number of halogens is 1. The Hall–Kier alpha value is -2.96. The van der Waals surface area contributed by atoms with E-state index in [9.17, 15) is 19.3 Å². The van der Waals surface area contributed by atoms with Crippen LogP contribution in [0.4, 0.5) is 15.8 Å². The Balaban J connectivity index is 1.57. The molecule has 2 atom stereocenters. The Kier molecular flexibility index (Phi) is 4.98. The summed E-state index contributed by atoms with van der Waals surface area (Å²) in [6.07, 6.45) is 3.46. The van der Waals surface area contributed by atoms with Crippen LogP contribution in [0.2, 0.25) is 0 Å². The maximum Gasteiger partial charge on any atom is 0.269 e. The van der Waals surface area contributed by atoms with E-state index < -0.39 is 4.92 Å². The molecule has 2 aliphatic heterocycles. The number of non-ortho nitro benzene ring substituents is 1. The molecule has 2 heterocycles. The molecule has 2 aromatic carbocycles. The highest BCUT2D eigenvalue weighted by Gasteiger charge is 2.40. The van der Waals surface area contributed by atoms with Gasteiger partial charge in [-0.2, -0.15) is 0 Å². The number of carbonyl (C=O) groups excluding carboxylic acids is 1. The van der Waals surface area contributed by atoms with Crippen molar-refractivity contribution in [3.8, 4) is 0 Å². The lowest BCUT2D eigenvalue weighted by Gasteiger charge is -2.45. The summed E-state index contributed by atoms with van der Waals surface area (Å²) in [4.78, 5) is 25.9. The molecule has 2 aromatic rings. The van der Waals surface area contributed by atoms with E-state index in [-0.39, 0.29) is 35.9 Å². The molecule has 2 unspecified atom stereocenters. The maximum absolute atomic E-state index is 13.8. The Bertz CT molecular complexity index is 918. The molecule has 0 bridgehead atoms. The maximum atomic E-state index is 13.8. The van der Waals surface area contributed by atoms with Gasteiger partial charge in [-0.3, -0.25) is 14.9 Å². The third kappa shape index (κ3) is 3.44. The first-order chi connectivity index (χ1) is 13.5. The number of hydrogen-bond acceptors (Lipinski definition) is 4. The highest BCUT2D eigenvalue weighted by molar-refractivity contribution is 5.82. The summed E-state index contributed by atoms with van der Waals surface area (Å²) in [6.45, 7) is 0.975. The number of hydrogen-bond donors (Lipinski definition) is 1. The van der Waals surface area contributed by atoms with E-state index >= 15 is 0 Å². The number of amides is 1. The van der Waals surface area contributed by atoms with Crippen LogP contribution in [0, 0.1) is 21.8 Å². The summed E-state index contributed by atoms with van der Waals surface area (Å²) in [6, 6.07) is 11.4. The second-order valence-electron chi connectivity index (χ2n) is 7.45. The minimum atomic E-state index is -0.407. The van der Waals surface area contributed by atoms with Gasteiger partial charge in [0.05, 0.1) is 10.8 Å². The van der Waals surface area contributed by atoms with Gasteiger partial charge < -0.3 is 10.2 Å². The van der Waals surface area contributed by atoms with Gasteiger partial charge >= 0.3 is 0 Å². The van der Waals surface area contributed by atoms with E-state index in [4.69, 9.17) is 0 Å². The second kappa shape index (κ2) is 7.58. The van der Waals surface area contributed by atoms with Gasteiger partial charge in [0.2, 0.25) is 5.91 Å². The smallest absolute Gasteiger partial charge is 0.269 e. The van der Waals surface area contributed by atoms with E-state index in [2.05, 4.69) is 10.2 Å². The number of carbonyl (C=O) groups is 1. The molecule has 0 aliphatic carbocycles. The molecule has 146 valence electrons. The van der Waals surface area contributed by atoms with Gasteiger partial charge in [-0.05, 0) is 43.4 Å². The molecule has 28 heavy (non-hydrogen) atoms. The lowest BCUT2D eigenvalue weighted by atomic mass is 9.80. The molecule has 1 N–H and O–H groups in total. The molecular formula is C21H22FN3O3. The van der Waals surface area contributed by atoms with Crippen molar-refractivity contribution in [1.82, 2.24) is 5.32 Å². The average Bonchev–Trinajstić information content (AvgIpc) is 2.72. The lowest BCUT2D eigenvalue weighted by Crippen LogP contribution is -2.53. The predicted octanol–water partition coefficient (Wildman–Crippen LogP) is 3.58. The monoisotopic (exact) mass is 383 g/mol. The van der Waals surface area contributed by atoms with E-state index in [0.29, 0.717) is 12.0 Å². The zero-order valence-electron chi connectivity index (χ0n) is 15.4. The minimum absolute atomic E-state index is 0.0414. The van der Waals surface area contributed by atoms with Gasteiger partial charge in [0.25, 0.3) is 5.69 Å². The second-order valence-corrected chi connectivity index (χ2v) is 7.45. The van der Waals surface area contributed by atoms with Crippen molar-refractivity contribution < 1.29 is 14.1 Å². The van der Waals surface area contributed by atoms with Crippen LogP contribution in [0.3, 0.4) is 0 Å². The Morgan fingerprint density at radius 2 is 2.07 bits per heavy atom. The van der Waals surface area contributed by atoms with Crippen molar-refractivity contribution in [3.05, 3.63) is 69.5 Å². The van der Waals surface area contributed by atoms with Crippen LogP contribution < -0.4 is 10.2 Å².